The van der Waals surface area contributed by atoms with E-state index in [-0.39, 0.29) is 54.1 Å². The zero-order valence-corrected chi connectivity index (χ0v) is 78.2. The van der Waals surface area contributed by atoms with Crippen LogP contribution in [0.4, 0.5) is 21.9 Å². The van der Waals surface area contributed by atoms with Gasteiger partial charge in [0.2, 0.25) is 10.0 Å². The summed E-state index contributed by atoms with van der Waals surface area (Å²) in [6.07, 6.45) is 3.50. The fourth-order valence-corrected chi connectivity index (χ4v) is 19.1. The number of alkyl carbamates (subject to hydrolysis) is 1. The maximum atomic E-state index is 14.3. The molecule has 0 saturated carbocycles. The summed E-state index contributed by atoms with van der Waals surface area (Å²) in [5.74, 6) is 1.31. The quantitative estimate of drug-likeness (QED) is 0.0254. The molecular weight excluding hydrogens is 1680 g/mol. The van der Waals surface area contributed by atoms with Gasteiger partial charge in [-0.25, -0.2) is 17.9 Å². The highest BCUT2D eigenvalue weighted by molar-refractivity contribution is 7.88. The monoisotopic (exact) mass is 1800 g/mol. The molecule has 9 aromatic carbocycles. The van der Waals surface area contributed by atoms with Crippen LogP contribution in [0.5, 0.6) is 34.5 Å². The minimum atomic E-state index is -3.38. The highest BCUT2D eigenvalue weighted by atomic mass is 32.2. The molecule has 0 radical (unpaired) electrons. The van der Waals surface area contributed by atoms with Crippen molar-refractivity contribution >= 4 is 68.6 Å². The van der Waals surface area contributed by atoms with Crippen LogP contribution in [0.1, 0.15) is 212 Å². The number of ether oxygens (including phenoxy) is 7. The van der Waals surface area contributed by atoms with E-state index in [9.17, 15) is 42.0 Å². The Hall–Kier alpha value is -12.4. The lowest BCUT2D eigenvalue weighted by Gasteiger charge is -2.39. The van der Waals surface area contributed by atoms with Crippen molar-refractivity contribution in [1.29, 1.82) is 0 Å². The van der Waals surface area contributed by atoms with Crippen LogP contribution in [-0.4, -0.2) is 232 Å². The van der Waals surface area contributed by atoms with Crippen LogP contribution < -0.4 is 58.9 Å². The molecule has 3 saturated heterocycles. The second-order valence-corrected chi connectivity index (χ2v) is 36.4. The Bertz CT molecular complexity index is 5630. The zero-order valence-electron chi connectivity index (χ0n) is 77.4. The number of benzene rings is 9. The summed E-state index contributed by atoms with van der Waals surface area (Å²) in [5, 5.41) is 2.79. The number of anilines is 3. The fourth-order valence-electron chi connectivity index (χ4n) is 18.6. The van der Waals surface area contributed by atoms with Gasteiger partial charge in [-0.1, -0.05) is 127 Å². The molecule has 6 aliphatic heterocycles. The number of carbonyl (C=O) groups is 7. The predicted octanol–water partition coefficient (Wildman–Crippen LogP) is 15.1. The van der Waals surface area contributed by atoms with Crippen LogP contribution in [0.15, 0.2) is 200 Å². The molecule has 15 rings (SSSR count). The van der Waals surface area contributed by atoms with E-state index in [1.54, 1.807) is 92.7 Å². The third-order valence-corrected chi connectivity index (χ3v) is 26.3. The van der Waals surface area contributed by atoms with Gasteiger partial charge in [0.05, 0.1) is 117 Å². The maximum Gasteiger partial charge on any atom is 0.407 e. The molecule has 694 valence electrons. The smallest absolute Gasteiger partial charge is 0.407 e. The largest absolute Gasteiger partial charge is 0.493 e. The number of rotatable bonds is 33. The lowest BCUT2D eigenvalue weighted by atomic mass is 9.99. The van der Waals surface area contributed by atoms with E-state index in [1.807, 2.05) is 91.0 Å². The number of methoxy groups -OCH3 is 6. The highest BCUT2D eigenvalue weighted by Crippen LogP contribution is 2.46. The van der Waals surface area contributed by atoms with Crippen LogP contribution in [0.3, 0.4) is 0 Å². The molecule has 0 spiro atoms. The lowest BCUT2D eigenvalue weighted by Crippen LogP contribution is -2.47. The van der Waals surface area contributed by atoms with Crippen molar-refractivity contribution in [2.45, 2.75) is 122 Å². The number of nitrogens with zero attached hydrogens (tertiary/aromatic N) is 9. The number of nitrogens with two attached hydrogens (primary N) is 1. The number of carbonyl (C=O) groups excluding carboxylic acids is 7. The maximum absolute atomic E-state index is 14.3. The number of fused-ring (bicyclic) bond motifs is 3. The first-order valence-electron chi connectivity index (χ1n) is 45.0. The minimum absolute atomic E-state index is 0.183. The zero-order chi connectivity index (χ0) is 93.4. The Morgan fingerprint density at radius 3 is 0.931 bits per heavy atom. The number of hydrogen-bond donors (Lipinski definition) is 3. The van der Waals surface area contributed by atoms with E-state index < -0.39 is 39.8 Å². The van der Waals surface area contributed by atoms with Gasteiger partial charge in [0.15, 0.2) is 34.5 Å². The Morgan fingerprint density at radius 1 is 0.366 bits per heavy atom. The number of sulfonamides is 1. The van der Waals surface area contributed by atoms with Gasteiger partial charge < -0.3 is 58.9 Å². The Labute approximate surface area is 769 Å². The van der Waals surface area contributed by atoms with Crippen LogP contribution in [0, 0.1) is 0 Å². The molecule has 28 nitrogen and oxygen atoms in total. The molecule has 6 aliphatic rings. The van der Waals surface area contributed by atoms with Crippen LogP contribution in [0.2, 0.25) is 0 Å². The first-order chi connectivity index (χ1) is 63.1. The molecule has 9 aromatic rings. The van der Waals surface area contributed by atoms with Crippen molar-refractivity contribution in [1.82, 2.24) is 39.4 Å². The topological polar surface area (TPSA) is 297 Å². The average molecular weight is 1810 g/mol. The van der Waals surface area contributed by atoms with Crippen molar-refractivity contribution in [2.24, 2.45) is 5.73 Å². The van der Waals surface area contributed by atoms with E-state index >= 15 is 0 Å². The molecule has 4 N–H and O–H groups in total. The van der Waals surface area contributed by atoms with Crippen molar-refractivity contribution in [2.75, 3.05) is 162 Å². The van der Waals surface area contributed by atoms with Crippen molar-refractivity contribution in [3.8, 4) is 34.5 Å². The van der Waals surface area contributed by atoms with E-state index in [0.717, 1.165) is 113 Å². The van der Waals surface area contributed by atoms with Gasteiger partial charge in [0.25, 0.3) is 35.4 Å². The van der Waals surface area contributed by atoms with Gasteiger partial charge in [0, 0.05) is 110 Å². The lowest BCUT2D eigenvalue weighted by molar-refractivity contribution is 0.0509. The molecule has 0 bridgehead atoms. The average Bonchev–Trinajstić information content (AvgIpc) is 1.60. The molecule has 6 atom stereocenters. The van der Waals surface area contributed by atoms with E-state index in [2.05, 4.69) is 133 Å². The summed E-state index contributed by atoms with van der Waals surface area (Å²) in [4.78, 5) is 115. The van der Waals surface area contributed by atoms with Crippen molar-refractivity contribution < 1.29 is 75.1 Å². The van der Waals surface area contributed by atoms with Gasteiger partial charge in [-0.3, -0.25) is 58.2 Å². The standard InChI is InChI=1S/C37H46N4O6.C33H40N4O6S.C32H38N4O4/c1-25(26-12-8-7-9-13-26)39-20-22-40(23-21-39)30-15-10-14-28-33(30)35(43)41(34(28)42)29(16-11-19-38-36(44)47-37(2,3)4)27-17-18-31(45-5)32(24-27)46-6;1-23(24-10-6-5-7-11-24)35-18-20-36(21-19-35)28-13-8-12-26-31(28)33(39)37(32(26)38)27(14-9-17-34-44(4,40)41)25-15-16-29(42-2)30(22-25)43-3;1-22(23-9-5-4-6-10-23)34-17-19-35(20-18-34)27-12-7-11-25-30(27)32(38)36(31(25)37)26(13-8-16-33)24-14-15-28(39-2)29(21-24)40-3/h7-10,12-15,17-18,24-25,29H,11,16,19-23H2,1-6H3,(H,38,44);5-8,10-13,15-16,22-23,27,34H,9,14,17-21H2,1-4H3;4-7,9-12,14-15,21-22,26H,8,13,16-20,33H2,1-3H3/t25-,29?;23-,27?;22-,26?/m111/s1. The summed E-state index contributed by atoms with van der Waals surface area (Å²) in [6, 6.07) is 63.5. The van der Waals surface area contributed by atoms with E-state index in [0.29, 0.717) is 131 Å². The molecular formula is C102H124N12O16S. The van der Waals surface area contributed by atoms with Gasteiger partial charge >= 0.3 is 6.09 Å². The summed E-state index contributed by atoms with van der Waals surface area (Å²) < 4.78 is 64.0. The third kappa shape index (κ3) is 22.1. The second kappa shape index (κ2) is 43.6. The summed E-state index contributed by atoms with van der Waals surface area (Å²) in [5.41, 5.74) is 16.3. The Kier molecular flexibility index (Phi) is 32.0. The van der Waals surface area contributed by atoms with E-state index in [4.69, 9.17) is 38.9 Å². The summed E-state index contributed by atoms with van der Waals surface area (Å²) >= 11 is 0. The number of piperazine rings is 3. The highest BCUT2D eigenvalue weighted by Gasteiger charge is 2.47. The Balaban J connectivity index is 0.000000168. The number of nitrogens with one attached hydrogen (secondary N) is 2. The van der Waals surface area contributed by atoms with Crippen LogP contribution >= 0.6 is 0 Å². The number of hydrogen-bond acceptors (Lipinski definition) is 23. The normalized spacial score (nSPS) is 16.8. The first-order valence-corrected chi connectivity index (χ1v) is 46.9. The number of amides is 7. The van der Waals surface area contributed by atoms with Gasteiger partial charge in [-0.15, -0.1) is 0 Å². The molecule has 3 fully saturated rings. The van der Waals surface area contributed by atoms with Crippen molar-refractivity contribution in [3.63, 3.8) is 0 Å². The molecule has 0 aliphatic carbocycles. The molecule has 0 aromatic heterocycles. The predicted molar refractivity (Wildman–Crippen MR) is 507 cm³/mol. The van der Waals surface area contributed by atoms with Crippen LogP contribution in [0.25, 0.3) is 0 Å². The van der Waals surface area contributed by atoms with Gasteiger partial charge in [-0.2, -0.15) is 0 Å². The summed E-state index contributed by atoms with van der Waals surface area (Å²) in [7, 11) is 5.96. The summed E-state index contributed by atoms with van der Waals surface area (Å²) in [6.45, 7) is 22.6. The molecule has 7 amide bonds. The van der Waals surface area contributed by atoms with Crippen molar-refractivity contribution in [3.05, 3.63) is 267 Å². The number of imide groups is 3. The first kappa shape index (κ1) is 96.2. The molecule has 6 heterocycles. The Morgan fingerprint density at radius 2 is 0.656 bits per heavy atom. The SMILES string of the molecule is COc1ccc(C(CCCN)N2C(=O)c3cccc(N4CCN([C@H](C)c5ccccc5)CC4)c3C2=O)cc1OC.COc1ccc(C(CCCNC(=O)OC(C)(C)C)N2C(=O)c3cccc(N4CCN([C@H](C)c5ccccc5)CC4)c3C2=O)cc1OC.COc1ccc(C(CCCNS(C)(=O)=O)N2C(=O)c3cccc(N4CCN([C@H](C)c5ccccc5)CC4)c3C2=O)cc1OC. The second-order valence-electron chi connectivity index (χ2n) is 34.6. The third-order valence-electron chi connectivity index (χ3n) is 25.6. The fraction of sp³-hybridized carbons (Fsp3) is 0.402. The van der Waals surface area contributed by atoms with Gasteiger partial charge in [-0.05, 0) is 193 Å². The molecule has 3 unspecified atom stereocenters. The minimum Gasteiger partial charge on any atom is -0.493 e. The molecule has 29 heteroatoms. The molecule has 131 heavy (non-hydrogen) atoms. The van der Waals surface area contributed by atoms with E-state index in [1.165, 1.54) is 38.5 Å². The van der Waals surface area contributed by atoms with Crippen LogP contribution in [-0.2, 0) is 14.8 Å². The van der Waals surface area contributed by atoms with Gasteiger partial charge in [0.1, 0.15) is 5.60 Å².